The van der Waals surface area contributed by atoms with Crippen LogP contribution in [0.5, 0.6) is 0 Å². The van der Waals surface area contributed by atoms with Crippen molar-refractivity contribution in [3.63, 3.8) is 0 Å². The zero-order valence-corrected chi connectivity index (χ0v) is 12.0. The maximum absolute atomic E-state index is 12.3. The Kier molecular flexibility index (Phi) is 3.80. The number of carbonyl (C=O) groups is 1. The third kappa shape index (κ3) is 2.94. The van der Waals surface area contributed by atoms with E-state index in [2.05, 4.69) is 19.9 Å². The largest absolute Gasteiger partial charge is 0.478 e. The van der Waals surface area contributed by atoms with E-state index in [1.54, 1.807) is 25.1 Å². The van der Waals surface area contributed by atoms with E-state index in [4.69, 9.17) is 5.11 Å². The Morgan fingerprint density at radius 2 is 2.14 bits per heavy atom. The van der Waals surface area contributed by atoms with Crippen LogP contribution in [-0.4, -0.2) is 48.8 Å². The minimum Gasteiger partial charge on any atom is -0.478 e. The van der Waals surface area contributed by atoms with E-state index in [9.17, 15) is 13.2 Å². The molecule has 0 spiro atoms. The Labute approximate surface area is 120 Å². The summed E-state index contributed by atoms with van der Waals surface area (Å²) < 4.78 is 26.8. The molecule has 112 valence electrons. The van der Waals surface area contributed by atoms with Crippen molar-refractivity contribution in [2.75, 3.05) is 23.7 Å². The highest BCUT2D eigenvalue weighted by molar-refractivity contribution is 7.92. The van der Waals surface area contributed by atoms with Crippen LogP contribution in [0.3, 0.4) is 0 Å². The summed E-state index contributed by atoms with van der Waals surface area (Å²) in [6.45, 7) is 0. The molecule has 0 radical (unpaired) electrons. The highest BCUT2D eigenvalue weighted by atomic mass is 32.2. The van der Waals surface area contributed by atoms with E-state index in [1.807, 2.05) is 0 Å². The molecule has 10 heteroatoms. The lowest BCUT2D eigenvalue weighted by Crippen LogP contribution is -2.20. The van der Waals surface area contributed by atoms with Crippen molar-refractivity contribution in [2.24, 2.45) is 0 Å². The fourth-order valence-electron chi connectivity index (χ4n) is 1.66. The first kappa shape index (κ1) is 14.8. The normalized spacial score (nSPS) is 11.1. The predicted octanol–water partition coefficient (Wildman–Crippen LogP) is 0.370. The van der Waals surface area contributed by atoms with Crippen LogP contribution >= 0.6 is 0 Å². The smallest absolute Gasteiger partial charge is 0.340 e. The monoisotopic (exact) mass is 311 g/mol. The number of nitrogens with zero attached hydrogens (tertiary/aromatic N) is 3. The third-order valence-corrected chi connectivity index (χ3v) is 3.90. The first-order valence-electron chi connectivity index (χ1n) is 5.74. The van der Waals surface area contributed by atoms with Crippen LogP contribution in [0.25, 0.3) is 0 Å². The van der Waals surface area contributed by atoms with Gasteiger partial charge in [-0.15, -0.1) is 0 Å². The number of rotatable bonds is 5. The Bertz CT molecular complexity index is 768. The number of aromatic nitrogens is 3. The Balaban J connectivity index is 2.43. The van der Waals surface area contributed by atoms with Gasteiger partial charge in [0.15, 0.2) is 10.8 Å². The molecule has 0 aliphatic carbocycles. The van der Waals surface area contributed by atoms with E-state index >= 15 is 0 Å². The van der Waals surface area contributed by atoms with Gasteiger partial charge in [0.25, 0.3) is 10.0 Å². The number of H-pyrrole nitrogens is 1. The summed E-state index contributed by atoms with van der Waals surface area (Å²) in [7, 11) is -0.703. The molecule has 2 heterocycles. The molecule has 0 aliphatic heterocycles. The van der Waals surface area contributed by atoms with Gasteiger partial charge in [-0.3, -0.25) is 9.82 Å². The van der Waals surface area contributed by atoms with Crippen LogP contribution in [0.4, 0.5) is 11.5 Å². The summed E-state index contributed by atoms with van der Waals surface area (Å²) in [6.07, 6.45) is 2.46. The highest BCUT2D eigenvalue weighted by Crippen LogP contribution is 2.24. The van der Waals surface area contributed by atoms with Crippen molar-refractivity contribution in [1.29, 1.82) is 0 Å². The highest BCUT2D eigenvalue weighted by Gasteiger charge is 2.26. The molecule has 0 atom stereocenters. The fourth-order valence-corrected chi connectivity index (χ4v) is 2.81. The van der Waals surface area contributed by atoms with Gasteiger partial charge in [0.05, 0.1) is 11.9 Å². The summed E-state index contributed by atoms with van der Waals surface area (Å²) in [5, 5.41) is 14.1. The van der Waals surface area contributed by atoms with Gasteiger partial charge < -0.3 is 10.0 Å². The molecule has 3 N–H and O–H groups in total. The number of carboxylic acid groups (broad SMARTS) is 1. The van der Waals surface area contributed by atoms with Gasteiger partial charge >= 0.3 is 5.97 Å². The lowest BCUT2D eigenvalue weighted by molar-refractivity contribution is 0.0692. The van der Waals surface area contributed by atoms with Crippen molar-refractivity contribution >= 4 is 27.5 Å². The first-order chi connectivity index (χ1) is 9.83. The number of hydrogen-bond acceptors (Lipinski definition) is 6. The molecule has 2 aromatic heterocycles. The summed E-state index contributed by atoms with van der Waals surface area (Å²) in [5.74, 6) is -0.986. The fraction of sp³-hybridized carbons (Fsp3) is 0.182. The summed E-state index contributed by atoms with van der Waals surface area (Å²) in [6, 6.07) is 3.09. The molecule has 2 rings (SSSR count). The number of aromatic carboxylic acids is 1. The van der Waals surface area contributed by atoms with Crippen molar-refractivity contribution < 1.29 is 18.3 Å². The quantitative estimate of drug-likeness (QED) is 0.727. The van der Waals surface area contributed by atoms with Crippen LogP contribution in [0, 0.1) is 0 Å². The maximum atomic E-state index is 12.3. The van der Waals surface area contributed by atoms with E-state index < -0.39 is 26.6 Å². The number of sulfonamides is 1. The number of hydrogen-bond donors (Lipinski definition) is 3. The average molecular weight is 311 g/mol. The zero-order valence-electron chi connectivity index (χ0n) is 11.2. The Morgan fingerprint density at radius 1 is 1.43 bits per heavy atom. The van der Waals surface area contributed by atoms with Gasteiger partial charge in [-0.1, -0.05) is 0 Å². The molecule has 0 amide bonds. The molecule has 0 saturated heterocycles. The van der Waals surface area contributed by atoms with Crippen molar-refractivity contribution in [3.8, 4) is 0 Å². The molecular weight excluding hydrogens is 298 g/mol. The van der Waals surface area contributed by atoms with Crippen LogP contribution in [0.1, 0.15) is 10.4 Å². The summed E-state index contributed by atoms with van der Waals surface area (Å²) >= 11 is 0. The molecule has 2 aromatic rings. The first-order valence-corrected chi connectivity index (χ1v) is 7.23. The second kappa shape index (κ2) is 5.40. The molecular formula is C11H13N5O4S. The molecule has 0 fully saturated rings. The summed E-state index contributed by atoms with van der Waals surface area (Å²) in [5.41, 5.74) is -0.203. The van der Waals surface area contributed by atoms with Gasteiger partial charge in [-0.05, 0) is 12.1 Å². The average Bonchev–Trinajstić information content (AvgIpc) is 2.88. The minimum absolute atomic E-state index is 0.230. The van der Waals surface area contributed by atoms with E-state index in [0.717, 1.165) is 6.20 Å². The van der Waals surface area contributed by atoms with Crippen LogP contribution in [0.15, 0.2) is 29.6 Å². The van der Waals surface area contributed by atoms with E-state index in [1.165, 1.54) is 12.3 Å². The molecule has 0 saturated carbocycles. The molecule has 9 nitrogen and oxygen atoms in total. The molecule has 0 bridgehead atoms. The zero-order chi connectivity index (χ0) is 15.6. The van der Waals surface area contributed by atoms with Gasteiger partial charge in [-0.2, -0.15) is 13.5 Å². The van der Waals surface area contributed by atoms with Crippen molar-refractivity contribution in [3.05, 3.63) is 30.1 Å². The molecule has 21 heavy (non-hydrogen) atoms. The lowest BCUT2D eigenvalue weighted by Gasteiger charge is -2.16. The Hall–Kier alpha value is -2.62. The number of anilines is 2. The standard InChI is InChI=1S/C11H13N5O4S/c1-16(2)9-8(4-3-5-12-9)15-21(19,20)10-7(11(17)18)6-13-14-10/h3-6,15H,1-2H3,(H,13,14)(H,17,18). The topological polar surface area (TPSA) is 128 Å². The molecule has 0 aliphatic rings. The second-order valence-electron chi connectivity index (χ2n) is 4.29. The van der Waals surface area contributed by atoms with Gasteiger partial charge in [-0.25, -0.2) is 9.78 Å². The molecule has 0 aromatic carbocycles. The van der Waals surface area contributed by atoms with Crippen LogP contribution in [-0.2, 0) is 10.0 Å². The summed E-state index contributed by atoms with van der Waals surface area (Å²) in [4.78, 5) is 16.7. The van der Waals surface area contributed by atoms with Crippen LogP contribution < -0.4 is 9.62 Å². The Morgan fingerprint density at radius 3 is 2.76 bits per heavy atom. The number of aromatic amines is 1. The SMILES string of the molecule is CN(C)c1ncccc1NS(=O)(=O)c1[nH]ncc1C(=O)O. The van der Waals surface area contributed by atoms with Gasteiger partial charge in [0.1, 0.15) is 5.56 Å². The number of carboxylic acids is 1. The van der Waals surface area contributed by atoms with Crippen molar-refractivity contribution in [2.45, 2.75) is 5.03 Å². The lowest BCUT2D eigenvalue weighted by atomic mass is 10.4. The van der Waals surface area contributed by atoms with Crippen LogP contribution in [0.2, 0.25) is 0 Å². The number of pyridine rings is 1. The minimum atomic E-state index is -4.12. The predicted molar refractivity (Wildman–Crippen MR) is 74.9 cm³/mol. The third-order valence-electron chi connectivity index (χ3n) is 2.56. The van der Waals surface area contributed by atoms with Gasteiger partial charge in [0, 0.05) is 20.3 Å². The van der Waals surface area contributed by atoms with E-state index in [0.29, 0.717) is 5.82 Å². The second-order valence-corrected chi connectivity index (χ2v) is 5.91. The van der Waals surface area contributed by atoms with Gasteiger partial charge in [0.2, 0.25) is 0 Å². The molecule has 0 unspecified atom stereocenters. The number of nitrogens with one attached hydrogen (secondary N) is 2. The van der Waals surface area contributed by atoms with E-state index in [-0.39, 0.29) is 5.69 Å². The maximum Gasteiger partial charge on any atom is 0.340 e. The van der Waals surface area contributed by atoms with Crippen molar-refractivity contribution in [1.82, 2.24) is 15.2 Å².